The Balaban J connectivity index is 0.892. The Labute approximate surface area is 737 Å². The summed E-state index contributed by atoms with van der Waals surface area (Å²) < 4.78 is 115. The molecular weight excluding hydrogens is 1630 g/mol. The van der Waals surface area contributed by atoms with Crippen LogP contribution in [0.15, 0.2) is 48.5 Å². The highest BCUT2D eigenvalue weighted by Gasteiger charge is 2.46. The second-order valence-electron chi connectivity index (χ2n) is 33.0. The second kappa shape index (κ2) is 35.7. The summed E-state index contributed by atoms with van der Waals surface area (Å²) in [6.07, 6.45) is 13.1. The van der Waals surface area contributed by atoms with E-state index >= 15 is 0 Å². The lowest BCUT2D eigenvalue weighted by Gasteiger charge is -2.37. The second-order valence-corrected chi connectivity index (χ2v) is 35.8. The summed E-state index contributed by atoms with van der Waals surface area (Å²) in [6, 6.07) is 19.3. The van der Waals surface area contributed by atoms with Crippen molar-refractivity contribution in [3.05, 3.63) is 182 Å². The molecule has 119 heavy (non-hydrogen) atoms. The van der Waals surface area contributed by atoms with Crippen LogP contribution in [0.3, 0.4) is 0 Å². The van der Waals surface area contributed by atoms with Crippen molar-refractivity contribution in [3.8, 4) is 92.0 Å². The minimum absolute atomic E-state index is 0.0595. The lowest BCUT2D eigenvalue weighted by Crippen LogP contribution is -2.25. The zero-order valence-corrected chi connectivity index (χ0v) is 75.7. The fourth-order valence-corrected chi connectivity index (χ4v) is 24.3. The maximum atomic E-state index is 7.45. The molecule has 0 N–H and O–H groups in total. The van der Waals surface area contributed by atoms with E-state index in [0.29, 0.717) is 46.0 Å². The molecule has 8 aliphatic heterocycles. The molecule has 0 spiro atoms. The van der Waals surface area contributed by atoms with Gasteiger partial charge in [0.2, 0.25) is 54.3 Å². The number of ether oxygens (including phenoxy) is 16. The van der Waals surface area contributed by atoms with Crippen LogP contribution in [0.25, 0.3) is 0 Å². The van der Waals surface area contributed by atoms with Crippen molar-refractivity contribution in [3.63, 3.8) is 0 Å². The van der Waals surface area contributed by atoms with E-state index in [2.05, 4.69) is 104 Å². The Morgan fingerprint density at radius 2 is 0.303 bits per heavy atom. The molecule has 0 radical (unpaired) electrons. The number of hydrogen-bond donors (Lipinski definition) is 6. The molecule has 18 rings (SSSR count). The van der Waals surface area contributed by atoms with Crippen molar-refractivity contribution < 1.29 is 75.8 Å². The summed E-state index contributed by atoms with van der Waals surface area (Å²) in [5, 5.41) is 0. The van der Waals surface area contributed by atoms with Crippen molar-refractivity contribution in [1.29, 1.82) is 0 Å². The number of benzene rings is 8. The number of rotatable bonds is 26. The van der Waals surface area contributed by atoms with Crippen molar-refractivity contribution in [2.75, 3.05) is 54.3 Å². The Bertz CT molecular complexity index is 4630. The van der Waals surface area contributed by atoms with Crippen LogP contribution in [0, 0.1) is 0 Å². The van der Waals surface area contributed by atoms with Gasteiger partial charge in [-0.1, -0.05) is 107 Å². The van der Waals surface area contributed by atoms with E-state index in [0.717, 1.165) is 328 Å². The van der Waals surface area contributed by atoms with Crippen LogP contribution in [-0.4, -0.2) is 54.3 Å². The van der Waals surface area contributed by atoms with Gasteiger partial charge >= 0.3 is 0 Å². The van der Waals surface area contributed by atoms with Crippen LogP contribution in [0.4, 0.5) is 0 Å². The number of thioether (sulfide) groups is 1. The van der Waals surface area contributed by atoms with Gasteiger partial charge in [0.15, 0.2) is 0 Å². The van der Waals surface area contributed by atoms with Crippen LogP contribution in [0.1, 0.15) is 339 Å². The smallest absolute Gasteiger partial charge is 0.230 e. The first-order chi connectivity index (χ1) is 58.5. The van der Waals surface area contributed by atoms with Gasteiger partial charge in [-0.3, -0.25) is 0 Å². The highest BCUT2D eigenvalue weighted by molar-refractivity contribution is 7.97. The highest BCUT2D eigenvalue weighted by atomic mass is 32.2. The zero-order valence-electron chi connectivity index (χ0n) is 69.5. The zero-order chi connectivity index (χ0) is 82.0. The summed E-state index contributed by atoms with van der Waals surface area (Å²) in [4.78, 5) is 0. The number of thiol groups is 6. The van der Waals surface area contributed by atoms with Gasteiger partial charge in [0, 0.05) is 227 Å². The van der Waals surface area contributed by atoms with Crippen LogP contribution in [-0.2, 0) is 46.0 Å². The maximum absolute atomic E-state index is 7.45. The van der Waals surface area contributed by atoms with Crippen molar-refractivity contribution >= 4 is 87.5 Å². The SMILES string of the molecule is CCCC1c2cc3c4c(CS)c2OCOc2c1cc1c(c2CS)OCOc2c(cc5c(c2CSCc2c6c7cc8c2OCOc2c(cc9c(c2CS)OCOc2c(cc%10c(c2CS)OCOc2c(cc(c(c2CS)OCO6)C7CCC)C%10CCC)C9CCC)C8CCC)OCOc2c(cc(c(c2CS)OCO4)C3CCC)C5CCC)C1CCC. The third-order valence-electron chi connectivity index (χ3n) is 26.4. The Morgan fingerprint density at radius 3 is 0.403 bits per heavy atom. The molecule has 0 saturated carbocycles. The molecule has 10 aliphatic rings. The molecule has 0 saturated heterocycles. The summed E-state index contributed by atoms with van der Waals surface area (Å²) in [6.45, 7) is 17.5. The van der Waals surface area contributed by atoms with E-state index in [1.165, 1.54) is 0 Å². The first-order valence-corrected chi connectivity index (χ1v) is 48.3. The lowest BCUT2D eigenvalue weighted by atomic mass is 9.74. The third-order valence-corrected chi connectivity index (χ3v) is 29.3. The molecule has 0 fully saturated rings. The average Bonchev–Trinajstić information content (AvgIpc) is 0.723. The monoisotopic (exact) mass is 1740 g/mol. The molecule has 8 unspecified atom stereocenters. The summed E-state index contributed by atoms with van der Waals surface area (Å²) >= 11 is 33.0. The van der Waals surface area contributed by atoms with Gasteiger partial charge in [-0.25, -0.2) is 0 Å². The average molecular weight is 1740 g/mol. The van der Waals surface area contributed by atoms with Gasteiger partial charge in [0.25, 0.3) is 0 Å². The molecule has 0 amide bonds. The van der Waals surface area contributed by atoms with E-state index in [4.69, 9.17) is 152 Å². The molecule has 2 aliphatic carbocycles. The fourth-order valence-electron chi connectivity index (χ4n) is 21.6. The molecule has 16 nitrogen and oxygen atoms in total. The van der Waals surface area contributed by atoms with Gasteiger partial charge in [0.05, 0.1) is 0 Å². The molecule has 0 aromatic heterocycles. The van der Waals surface area contributed by atoms with Gasteiger partial charge in [-0.05, 0) is 99.9 Å². The Kier molecular flexibility index (Phi) is 24.9. The fraction of sp³-hybridized carbons (Fsp3) is 0.500. The Morgan fingerprint density at radius 1 is 0.193 bits per heavy atom. The molecule has 8 aromatic rings. The Hall–Kier alpha value is -6.99. The van der Waals surface area contributed by atoms with E-state index < -0.39 is 0 Å². The molecule has 16 bridgehead atoms. The minimum Gasteiger partial charge on any atom is -0.457 e. The predicted molar refractivity (Wildman–Crippen MR) is 486 cm³/mol. The van der Waals surface area contributed by atoms with Crippen molar-refractivity contribution in [1.82, 2.24) is 0 Å². The topological polar surface area (TPSA) is 148 Å². The van der Waals surface area contributed by atoms with Gasteiger partial charge in [-0.2, -0.15) is 87.5 Å². The van der Waals surface area contributed by atoms with Gasteiger partial charge in [0.1, 0.15) is 92.0 Å². The van der Waals surface area contributed by atoms with Crippen LogP contribution < -0.4 is 75.8 Å². The summed E-state index contributed by atoms with van der Waals surface area (Å²) in [5.74, 6) is 12.8. The molecule has 8 aromatic carbocycles. The van der Waals surface area contributed by atoms with Gasteiger partial charge < -0.3 is 75.8 Å². The first-order valence-electron chi connectivity index (χ1n) is 43.3. The largest absolute Gasteiger partial charge is 0.457 e. The summed E-state index contributed by atoms with van der Waals surface area (Å²) in [5.41, 5.74) is 24.1. The maximum Gasteiger partial charge on any atom is 0.230 e. The van der Waals surface area contributed by atoms with Gasteiger partial charge in [-0.15, -0.1) is 0 Å². The summed E-state index contributed by atoms with van der Waals surface area (Å²) in [7, 11) is 0. The van der Waals surface area contributed by atoms with Crippen LogP contribution in [0.2, 0.25) is 0 Å². The van der Waals surface area contributed by atoms with E-state index in [1.54, 1.807) is 11.8 Å². The van der Waals surface area contributed by atoms with Crippen molar-refractivity contribution in [2.24, 2.45) is 0 Å². The van der Waals surface area contributed by atoms with E-state index in [-0.39, 0.29) is 102 Å². The quantitative estimate of drug-likeness (QED) is 0.0285. The number of hydrogen-bond acceptors (Lipinski definition) is 23. The highest BCUT2D eigenvalue weighted by Crippen LogP contribution is 2.64. The molecule has 8 heterocycles. The van der Waals surface area contributed by atoms with Crippen LogP contribution in [0.5, 0.6) is 92.0 Å². The molecule has 23 heteroatoms. The van der Waals surface area contributed by atoms with Crippen molar-refractivity contribution in [2.45, 2.75) is 251 Å². The minimum atomic E-state index is -0.249. The van der Waals surface area contributed by atoms with E-state index in [1.807, 2.05) is 0 Å². The standard InChI is InChI=1S/C96H110O16S7/c1-9-17-49-57-25-58-50(18-10-2)62-28-66-54(22-14-6)70-31-69-53(21-13-5)65-27-61(49)85-75(35-115)89(65)105-45-109-93(69)79(94(70)110-46-106-90(66)76(36-116)86(62)102-42-98-82(58)73(33-113)81(57)97-41-101-85)39-119-40-80-95-71-32-72-56(24-16-8)68-30-64-52(20-12-4)60-26-59-51(19-11-3)63-29-67(55(71)23-15-7)91(107-47-111-95)77(37-117)87(63)103-43-99-83(59)74(34-114)84(60)100-44-104-88(64)78(38-118)92(68)108-48-112-96(72)80/h25-32,49-56,113-118H,9-24,33-48H2,1-8H3. The molecule has 632 valence electrons. The normalized spacial score (nSPS) is 20.5. The van der Waals surface area contributed by atoms with Crippen LogP contribution >= 0.6 is 87.5 Å². The molecular formula is C96H110O16S7. The first kappa shape index (κ1) is 82.9. The van der Waals surface area contributed by atoms with E-state index in [9.17, 15) is 0 Å². The predicted octanol–water partition coefficient (Wildman–Crippen LogP) is 24.6. The third kappa shape index (κ3) is 14.0. The molecule has 8 atom stereocenters. The lowest BCUT2D eigenvalue weighted by molar-refractivity contribution is 0.0946.